The van der Waals surface area contributed by atoms with Gasteiger partial charge in [-0.3, -0.25) is 4.79 Å². The molecule has 0 aliphatic heterocycles. The van der Waals surface area contributed by atoms with Crippen molar-refractivity contribution in [1.82, 2.24) is 0 Å². The van der Waals surface area contributed by atoms with Crippen LogP contribution in [0, 0.1) is 0 Å². The molecule has 2 nitrogen and oxygen atoms in total. The molecule has 0 amide bonds. The lowest BCUT2D eigenvalue weighted by Crippen LogP contribution is -1.98. The van der Waals surface area contributed by atoms with Gasteiger partial charge in [-0.1, -0.05) is 62.6 Å². The van der Waals surface area contributed by atoms with E-state index in [1.54, 1.807) is 0 Å². The van der Waals surface area contributed by atoms with Gasteiger partial charge in [-0.2, -0.15) is 0 Å². The second-order valence-electron chi connectivity index (χ2n) is 5.20. The molecule has 2 heteroatoms. The Morgan fingerprint density at radius 2 is 1.38 bits per heavy atom. The summed E-state index contributed by atoms with van der Waals surface area (Å²) in [7, 11) is 1.43. The molecule has 0 aromatic carbocycles. The summed E-state index contributed by atoms with van der Waals surface area (Å²) >= 11 is 0. The van der Waals surface area contributed by atoms with Crippen LogP contribution in [0.15, 0.2) is 36.5 Å². The molecule has 0 spiro atoms. The molecule has 0 saturated carbocycles. The first kappa shape index (κ1) is 19.7. The minimum Gasteiger partial charge on any atom is -0.469 e. The number of hydrogen-bond donors (Lipinski definition) is 0. The lowest BCUT2D eigenvalue weighted by molar-refractivity contribution is -0.140. The molecular weight excluding hydrogens is 260 g/mol. The van der Waals surface area contributed by atoms with Crippen molar-refractivity contribution in [2.24, 2.45) is 0 Å². The van der Waals surface area contributed by atoms with E-state index >= 15 is 0 Å². The summed E-state index contributed by atoms with van der Waals surface area (Å²) in [5.41, 5.74) is 0. The van der Waals surface area contributed by atoms with Gasteiger partial charge in [0.15, 0.2) is 0 Å². The summed E-state index contributed by atoms with van der Waals surface area (Å²) in [5, 5.41) is 0. The second kappa shape index (κ2) is 16.7. The standard InChI is InChI=1S/C19H32O2/c1-3-4-5-6-7-8-9-10-11-12-13-14-15-16-17-18-19(20)21-2/h8-9,11-12,14-15H,3-7,10,13,16-18H2,1-2H3/b9-8-,12-11+,15-14-. The van der Waals surface area contributed by atoms with Gasteiger partial charge < -0.3 is 4.74 Å². The smallest absolute Gasteiger partial charge is 0.305 e. The van der Waals surface area contributed by atoms with Gasteiger partial charge in [0, 0.05) is 6.42 Å². The van der Waals surface area contributed by atoms with Gasteiger partial charge in [0.05, 0.1) is 7.11 Å². The molecular formula is C19H32O2. The number of hydrogen-bond acceptors (Lipinski definition) is 2. The molecule has 0 atom stereocenters. The summed E-state index contributed by atoms with van der Waals surface area (Å²) in [5.74, 6) is -0.121. The molecule has 0 aliphatic carbocycles. The van der Waals surface area contributed by atoms with Gasteiger partial charge in [0.25, 0.3) is 0 Å². The molecule has 0 aromatic rings. The van der Waals surface area contributed by atoms with Gasteiger partial charge in [0.2, 0.25) is 0 Å². The molecule has 0 unspecified atom stereocenters. The summed E-state index contributed by atoms with van der Waals surface area (Å²) < 4.78 is 4.59. The Labute approximate surface area is 131 Å². The van der Waals surface area contributed by atoms with E-state index in [2.05, 4.69) is 48.1 Å². The Bertz CT molecular complexity index is 314. The quantitative estimate of drug-likeness (QED) is 0.245. The van der Waals surface area contributed by atoms with Crippen molar-refractivity contribution in [3.05, 3.63) is 36.5 Å². The Morgan fingerprint density at radius 1 is 0.810 bits per heavy atom. The van der Waals surface area contributed by atoms with Crippen LogP contribution in [0.5, 0.6) is 0 Å². The number of carbonyl (C=O) groups excluding carboxylic acids is 1. The zero-order valence-electron chi connectivity index (χ0n) is 13.9. The molecule has 0 saturated heterocycles. The maximum absolute atomic E-state index is 10.9. The summed E-state index contributed by atoms with van der Waals surface area (Å²) in [6.07, 6.45) is 24.1. The van der Waals surface area contributed by atoms with Gasteiger partial charge in [-0.25, -0.2) is 0 Å². The fraction of sp³-hybridized carbons (Fsp3) is 0.632. The van der Waals surface area contributed by atoms with Crippen LogP contribution in [-0.4, -0.2) is 13.1 Å². The minimum atomic E-state index is -0.121. The Balaban J connectivity index is 3.35. The second-order valence-corrected chi connectivity index (χ2v) is 5.20. The number of unbranched alkanes of at least 4 members (excludes halogenated alkanes) is 5. The van der Waals surface area contributed by atoms with Crippen LogP contribution in [-0.2, 0) is 9.53 Å². The first-order valence-electron chi connectivity index (χ1n) is 8.33. The predicted molar refractivity (Wildman–Crippen MR) is 91.3 cm³/mol. The lowest BCUT2D eigenvalue weighted by atomic mass is 10.1. The summed E-state index contributed by atoms with van der Waals surface area (Å²) in [6, 6.07) is 0. The number of rotatable bonds is 13. The van der Waals surface area contributed by atoms with Crippen molar-refractivity contribution < 1.29 is 9.53 Å². The third-order valence-electron chi connectivity index (χ3n) is 3.25. The molecule has 0 rings (SSSR count). The van der Waals surface area contributed by atoms with Crippen LogP contribution >= 0.6 is 0 Å². The van der Waals surface area contributed by atoms with Crippen molar-refractivity contribution in [3.63, 3.8) is 0 Å². The average molecular weight is 292 g/mol. The zero-order valence-corrected chi connectivity index (χ0v) is 13.9. The van der Waals surface area contributed by atoms with Crippen molar-refractivity contribution >= 4 is 5.97 Å². The van der Waals surface area contributed by atoms with E-state index in [1.165, 1.54) is 39.2 Å². The molecule has 120 valence electrons. The maximum atomic E-state index is 10.9. The van der Waals surface area contributed by atoms with Gasteiger partial charge in [0.1, 0.15) is 0 Å². The molecule has 0 heterocycles. The molecule has 0 fully saturated rings. The van der Waals surface area contributed by atoms with Crippen LogP contribution in [0.2, 0.25) is 0 Å². The summed E-state index contributed by atoms with van der Waals surface area (Å²) in [4.78, 5) is 10.9. The van der Waals surface area contributed by atoms with Crippen molar-refractivity contribution in [1.29, 1.82) is 0 Å². The van der Waals surface area contributed by atoms with E-state index in [4.69, 9.17) is 0 Å². The molecule has 0 aliphatic rings. The highest BCUT2D eigenvalue weighted by Crippen LogP contribution is 2.03. The molecule has 0 bridgehead atoms. The van der Waals surface area contributed by atoms with Crippen LogP contribution in [0.1, 0.15) is 71.1 Å². The van der Waals surface area contributed by atoms with Gasteiger partial charge in [-0.05, 0) is 38.5 Å². The van der Waals surface area contributed by atoms with Crippen LogP contribution in [0.4, 0.5) is 0 Å². The van der Waals surface area contributed by atoms with Gasteiger partial charge in [-0.15, -0.1) is 0 Å². The largest absolute Gasteiger partial charge is 0.469 e. The Kier molecular flexibility index (Phi) is 15.7. The number of allylic oxidation sites excluding steroid dienone is 6. The maximum Gasteiger partial charge on any atom is 0.305 e. The highest BCUT2D eigenvalue weighted by molar-refractivity contribution is 5.68. The fourth-order valence-corrected chi connectivity index (χ4v) is 1.93. The number of ether oxygens (including phenoxy) is 1. The van der Waals surface area contributed by atoms with Crippen molar-refractivity contribution in [2.75, 3.05) is 7.11 Å². The Hall–Kier alpha value is -1.31. The highest BCUT2D eigenvalue weighted by Gasteiger charge is 1.96. The summed E-state index contributed by atoms with van der Waals surface area (Å²) in [6.45, 7) is 2.24. The minimum absolute atomic E-state index is 0.121. The first-order chi connectivity index (χ1) is 10.3. The normalized spacial score (nSPS) is 11.9. The third-order valence-corrected chi connectivity index (χ3v) is 3.25. The van der Waals surface area contributed by atoms with Crippen molar-refractivity contribution in [3.8, 4) is 0 Å². The number of carbonyl (C=O) groups is 1. The molecule has 0 radical (unpaired) electrons. The molecule has 0 aromatic heterocycles. The lowest BCUT2D eigenvalue weighted by Gasteiger charge is -1.95. The predicted octanol–water partition coefficient (Wildman–Crippen LogP) is 5.75. The topological polar surface area (TPSA) is 26.3 Å². The zero-order chi connectivity index (χ0) is 15.6. The first-order valence-corrected chi connectivity index (χ1v) is 8.33. The number of methoxy groups -OCH3 is 1. The van der Waals surface area contributed by atoms with Crippen LogP contribution in [0.25, 0.3) is 0 Å². The molecule has 21 heavy (non-hydrogen) atoms. The highest BCUT2D eigenvalue weighted by atomic mass is 16.5. The average Bonchev–Trinajstić information content (AvgIpc) is 2.50. The van der Waals surface area contributed by atoms with Gasteiger partial charge >= 0.3 is 5.97 Å². The van der Waals surface area contributed by atoms with E-state index in [9.17, 15) is 4.79 Å². The van der Waals surface area contributed by atoms with E-state index < -0.39 is 0 Å². The van der Waals surface area contributed by atoms with E-state index in [1.807, 2.05) is 0 Å². The SMILES string of the molecule is CCCCCC/C=C\C/C=C/C/C=C\CCCC(=O)OC. The van der Waals surface area contributed by atoms with Crippen LogP contribution in [0.3, 0.4) is 0 Å². The van der Waals surface area contributed by atoms with Crippen molar-refractivity contribution in [2.45, 2.75) is 71.1 Å². The fourth-order valence-electron chi connectivity index (χ4n) is 1.93. The number of esters is 1. The van der Waals surface area contributed by atoms with E-state index in [-0.39, 0.29) is 5.97 Å². The van der Waals surface area contributed by atoms with E-state index in [0.29, 0.717) is 6.42 Å². The molecule has 0 N–H and O–H groups in total. The third kappa shape index (κ3) is 16.6. The van der Waals surface area contributed by atoms with Crippen LogP contribution < -0.4 is 0 Å². The van der Waals surface area contributed by atoms with E-state index in [0.717, 1.165) is 25.7 Å². The monoisotopic (exact) mass is 292 g/mol. The Morgan fingerprint density at radius 3 is 1.95 bits per heavy atom.